The molecule has 1 aliphatic heterocycles. The number of nitrogens with one attached hydrogen (secondary N) is 1. The second kappa shape index (κ2) is 7.20. The van der Waals surface area contributed by atoms with Crippen molar-refractivity contribution in [1.29, 1.82) is 0 Å². The first-order chi connectivity index (χ1) is 10.1. The summed E-state index contributed by atoms with van der Waals surface area (Å²) < 4.78 is 13.4. The Balaban J connectivity index is 1.78. The molecule has 21 heavy (non-hydrogen) atoms. The van der Waals surface area contributed by atoms with E-state index in [4.69, 9.17) is 0 Å². The van der Waals surface area contributed by atoms with Crippen molar-refractivity contribution >= 4 is 11.8 Å². The summed E-state index contributed by atoms with van der Waals surface area (Å²) in [5, 5.41) is 2.57. The number of rotatable bonds is 4. The highest BCUT2D eigenvalue weighted by Gasteiger charge is 2.21. The van der Waals surface area contributed by atoms with Crippen molar-refractivity contribution in [2.45, 2.75) is 26.2 Å². The maximum absolute atomic E-state index is 13.4. The molecule has 1 N–H and O–H groups in total. The van der Waals surface area contributed by atoms with E-state index in [0.717, 1.165) is 25.9 Å². The summed E-state index contributed by atoms with van der Waals surface area (Å²) in [7, 11) is 0. The molecule has 0 bridgehead atoms. The number of carbonyl (C=O) groups is 2. The summed E-state index contributed by atoms with van der Waals surface area (Å²) in [6, 6.07) is 6.16. The van der Waals surface area contributed by atoms with E-state index in [1.165, 1.54) is 6.07 Å². The maximum Gasteiger partial charge on any atom is 0.241 e. The molecule has 0 radical (unpaired) electrons. The van der Waals surface area contributed by atoms with Crippen molar-refractivity contribution in [3.63, 3.8) is 0 Å². The topological polar surface area (TPSA) is 49.4 Å². The van der Waals surface area contributed by atoms with Gasteiger partial charge in [0.2, 0.25) is 11.8 Å². The number of halogens is 1. The lowest BCUT2D eigenvalue weighted by atomic mass is 10.0. The van der Waals surface area contributed by atoms with Crippen LogP contribution in [0.2, 0.25) is 0 Å². The van der Waals surface area contributed by atoms with Gasteiger partial charge in [0.15, 0.2) is 0 Å². The van der Waals surface area contributed by atoms with Crippen LogP contribution in [0.1, 0.15) is 25.3 Å². The van der Waals surface area contributed by atoms with Crippen LogP contribution in [0.5, 0.6) is 0 Å². The molecule has 5 heteroatoms. The molecule has 0 aromatic heterocycles. The SMILES string of the molecule is CC1CCCN(C(=O)CNC(=O)Cc2ccccc2F)C1. The van der Waals surface area contributed by atoms with Crippen LogP contribution in [0.3, 0.4) is 0 Å². The fraction of sp³-hybridized carbons (Fsp3) is 0.500. The Morgan fingerprint density at radius 3 is 2.86 bits per heavy atom. The second-order valence-electron chi connectivity index (χ2n) is 5.63. The molecule has 4 nitrogen and oxygen atoms in total. The number of likely N-dealkylation sites (tertiary alicyclic amines) is 1. The predicted molar refractivity (Wildman–Crippen MR) is 78.1 cm³/mol. The molecule has 2 amide bonds. The number of carbonyl (C=O) groups excluding carboxylic acids is 2. The Kier molecular flexibility index (Phi) is 5.31. The van der Waals surface area contributed by atoms with E-state index in [1.807, 2.05) is 0 Å². The fourth-order valence-electron chi connectivity index (χ4n) is 2.58. The van der Waals surface area contributed by atoms with Crippen LogP contribution in [0, 0.1) is 11.7 Å². The van der Waals surface area contributed by atoms with Gasteiger partial charge in [-0.2, -0.15) is 0 Å². The van der Waals surface area contributed by atoms with Gasteiger partial charge in [0.1, 0.15) is 5.82 Å². The fourth-order valence-corrected chi connectivity index (χ4v) is 2.58. The standard InChI is InChI=1S/C16H21FN2O2/c1-12-5-4-8-19(11-12)16(21)10-18-15(20)9-13-6-2-3-7-14(13)17/h2-3,6-7,12H,4-5,8-11H2,1H3,(H,18,20). The van der Waals surface area contributed by atoms with E-state index in [9.17, 15) is 14.0 Å². The molecule has 0 spiro atoms. The van der Waals surface area contributed by atoms with Gasteiger partial charge in [0.25, 0.3) is 0 Å². The van der Waals surface area contributed by atoms with Crippen molar-refractivity contribution in [2.75, 3.05) is 19.6 Å². The molecule has 1 fully saturated rings. The zero-order chi connectivity index (χ0) is 15.2. The van der Waals surface area contributed by atoms with E-state index in [2.05, 4.69) is 12.2 Å². The highest BCUT2D eigenvalue weighted by atomic mass is 19.1. The molecular formula is C16H21FN2O2. The molecule has 0 saturated carbocycles. The first-order valence-corrected chi connectivity index (χ1v) is 7.34. The van der Waals surface area contributed by atoms with Gasteiger partial charge in [-0.1, -0.05) is 25.1 Å². The van der Waals surface area contributed by atoms with Crippen molar-refractivity contribution in [1.82, 2.24) is 10.2 Å². The summed E-state index contributed by atoms with van der Waals surface area (Å²) in [5.41, 5.74) is 0.342. The quantitative estimate of drug-likeness (QED) is 0.919. The first-order valence-electron chi connectivity index (χ1n) is 7.34. The summed E-state index contributed by atoms with van der Waals surface area (Å²) in [5.74, 6) is -0.289. The summed E-state index contributed by atoms with van der Waals surface area (Å²) >= 11 is 0. The lowest BCUT2D eigenvalue weighted by Crippen LogP contribution is -2.44. The Labute approximate surface area is 124 Å². The minimum atomic E-state index is -0.399. The largest absolute Gasteiger partial charge is 0.347 e. The van der Waals surface area contributed by atoms with Gasteiger partial charge in [-0.05, 0) is 30.4 Å². The number of piperidine rings is 1. The minimum absolute atomic E-state index is 0.0139. The lowest BCUT2D eigenvalue weighted by Gasteiger charge is -2.31. The maximum atomic E-state index is 13.4. The van der Waals surface area contributed by atoms with Gasteiger partial charge in [-0.15, -0.1) is 0 Å². The van der Waals surface area contributed by atoms with Crippen LogP contribution in [-0.2, 0) is 16.0 Å². The van der Waals surface area contributed by atoms with E-state index in [-0.39, 0.29) is 24.8 Å². The van der Waals surface area contributed by atoms with Gasteiger partial charge in [-0.3, -0.25) is 9.59 Å². The van der Waals surface area contributed by atoms with Crippen LogP contribution in [0.25, 0.3) is 0 Å². The summed E-state index contributed by atoms with van der Waals surface area (Å²) in [6.07, 6.45) is 2.11. The number of benzene rings is 1. The third-order valence-corrected chi connectivity index (χ3v) is 3.76. The molecule has 1 saturated heterocycles. The Morgan fingerprint density at radius 2 is 2.14 bits per heavy atom. The molecule has 114 valence electrons. The van der Waals surface area contributed by atoms with Gasteiger partial charge in [-0.25, -0.2) is 4.39 Å². The van der Waals surface area contributed by atoms with Crippen LogP contribution in [0.15, 0.2) is 24.3 Å². The van der Waals surface area contributed by atoms with Crippen LogP contribution >= 0.6 is 0 Å². The van der Waals surface area contributed by atoms with Crippen molar-refractivity contribution in [3.05, 3.63) is 35.6 Å². The predicted octanol–water partition coefficient (Wildman–Crippen LogP) is 1.74. The molecule has 1 aromatic carbocycles. The Hall–Kier alpha value is -1.91. The highest BCUT2D eigenvalue weighted by molar-refractivity contribution is 5.85. The number of nitrogens with zero attached hydrogens (tertiary/aromatic N) is 1. The van der Waals surface area contributed by atoms with Gasteiger partial charge < -0.3 is 10.2 Å². The highest BCUT2D eigenvalue weighted by Crippen LogP contribution is 2.15. The van der Waals surface area contributed by atoms with E-state index in [0.29, 0.717) is 11.5 Å². The number of hydrogen-bond acceptors (Lipinski definition) is 2. The Morgan fingerprint density at radius 1 is 1.38 bits per heavy atom. The van der Waals surface area contributed by atoms with Crippen LogP contribution in [-0.4, -0.2) is 36.3 Å². The van der Waals surface area contributed by atoms with E-state index >= 15 is 0 Å². The minimum Gasteiger partial charge on any atom is -0.347 e. The van der Waals surface area contributed by atoms with Crippen molar-refractivity contribution < 1.29 is 14.0 Å². The number of amides is 2. The van der Waals surface area contributed by atoms with Crippen LogP contribution < -0.4 is 5.32 Å². The molecule has 1 atom stereocenters. The first kappa shape index (κ1) is 15.5. The molecule has 1 aromatic rings. The third kappa shape index (κ3) is 4.55. The zero-order valence-electron chi connectivity index (χ0n) is 12.3. The molecule has 1 heterocycles. The summed E-state index contributed by atoms with van der Waals surface area (Å²) in [4.78, 5) is 25.6. The number of hydrogen-bond donors (Lipinski definition) is 1. The van der Waals surface area contributed by atoms with Crippen molar-refractivity contribution in [2.24, 2.45) is 5.92 Å². The monoisotopic (exact) mass is 292 g/mol. The average molecular weight is 292 g/mol. The average Bonchev–Trinajstić information content (AvgIpc) is 2.47. The van der Waals surface area contributed by atoms with Gasteiger partial charge in [0, 0.05) is 13.1 Å². The molecular weight excluding hydrogens is 271 g/mol. The third-order valence-electron chi connectivity index (χ3n) is 3.76. The molecule has 0 aliphatic carbocycles. The molecule has 2 rings (SSSR count). The smallest absolute Gasteiger partial charge is 0.241 e. The zero-order valence-corrected chi connectivity index (χ0v) is 12.3. The summed E-state index contributed by atoms with van der Waals surface area (Å²) in [6.45, 7) is 3.62. The lowest BCUT2D eigenvalue weighted by molar-refractivity contribution is -0.134. The molecule has 1 aliphatic rings. The second-order valence-corrected chi connectivity index (χ2v) is 5.63. The van der Waals surface area contributed by atoms with Gasteiger partial charge >= 0.3 is 0 Å². The Bertz CT molecular complexity index is 519. The van der Waals surface area contributed by atoms with E-state index in [1.54, 1.807) is 23.1 Å². The normalized spacial score (nSPS) is 18.4. The van der Waals surface area contributed by atoms with Crippen LogP contribution in [0.4, 0.5) is 4.39 Å². The van der Waals surface area contributed by atoms with Gasteiger partial charge in [0.05, 0.1) is 13.0 Å². The van der Waals surface area contributed by atoms with Crippen molar-refractivity contribution in [3.8, 4) is 0 Å². The van der Waals surface area contributed by atoms with E-state index < -0.39 is 5.82 Å². The molecule has 1 unspecified atom stereocenters.